The number of hydrogen-bond acceptors (Lipinski definition) is 6. The quantitative estimate of drug-likeness (QED) is 0.228. The number of methoxy groups -OCH3 is 2. The number of esters is 1. The van der Waals surface area contributed by atoms with Gasteiger partial charge in [-0.05, 0) is 55.0 Å². The molecule has 0 saturated carbocycles. The Morgan fingerprint density at radius 1 is 1.05 bits per heavy atom. The molecule has 0 saturated heterocycles. The van der Waals surface area contributed by atoms with Crippen LogP contribution in [-0.2, 0) is 16.1 Å². The lowest BCUT2D eigenvalue weighted by Crippen LogP contribution is -2.40. The lowest BCUT2D eigenvalue weighted by molar-refractivity contribution is -0.136. The van der Waals surface area contributed by atoms with Gasteiger partial charge in [-0.1, -0.05) is 64.9 Å². The molecule has 0 N–H and O–H groups in total. The van der Waals surface area contributed by atoms with Crippen LogP contribution in [0.15, 0.2) is 94.0 Å². The van der Waals surface area contributed by atoms with Gasteiger partial charge >= 0.3 is 5.97 Å². The topological polar surface area (TPSA) is 74.8 Å². The van der Waals surface area contributed by atoms with Gasteiger partial charge in [0.1, 0.15) is 11.8 Å². The Bertz CT molecular complexity index is 2070. The van der Waals surface area contributed by atoms with E-state index >= 15 is 0 Å². The van der Waals surface area contributed by atoms with E-state index in [0.29, 0.717) is 42.9 Å². The normalized spacial score (nSPS) is 15.1. The standard InChI is InChI=1S/C32H25Cl2N3O4S/c1-18-28(31(39)41-3)29(24-15-22(34)12-13-26(24)40-2)37-30(38)27(42-32(37)35-18)14-20-17-36(25-7-5-4-6-23(20)25)16-19-8-10-21(33)11-9-19/h4-15,17,29H,16H2,1-3H3/b27-14-/t29-/m0/s1. The van der Waals surface area contributed by atoms with Crippen molar-refractivity contribution in [1.82, 2.24) is 9.13 Å². The SMILES string of the molecule is COC(=O)C1=C(C)N=c2s/c(=C\c3cn(Cc4ccc(Cl)cc4)c4ccccc34)c(=O)n2[C@H]1c1cc(Cl)ccc1OC. The summed E-state index contributed by atoms with van der Waals surface area (Å²) in [6.45, 7) is 2.38. The molecule has 7 nitrogen and oxygen atoms in total. The van der Waals surface area contributed by atoms with Crippen LogP contribution in [0.1, 0.15) is 29.7 Å². The van der Waals surface area contributed by atoms with Gasteiger partial charge in [-0.15, -0.1) is 0 Å². The fourth-order valence-corrected chi connectivity index (χ4v) is 6.70. The first kappa shape index (κ1) is 28.0. The Hall–Kier alpha value is -4.11. The molecule has 3 heterocycles. The Morgan fingerprint density at radius 3 is 2.52 bits per heavy atom. The largest absolute Gasteiger partial charge is 0.496 e. The molecule has 42 heavy (non-hydrogen) atoms. The van der Waals surface area contributed by atoms with Gasteiger partial charge in [-0.2, -0.15) is 0 Å². The van der Waals surface area contributed by atoms with Crippen LogP contribution in [0.3, 0.4) is 0 Å². The fraction of sp³-hybridized carbons (Fsp3) is 0.156. The number of thiazole rings is 1. The lowest BCUT2D eigenvalue weighted by atomic mass is 9.95. The van der Waals surface area contributed by atoms with Crippen LogP contribution in [0, 0.1) is 0 Å². The van der Waals surface area contributed by atoms with Crippen molar-refractivity contribution in [3.63, 3.8) is 0 Å². The monoisotopic (exact) mass is 617 g/mol. The van der Waals surface area contributed by atoms with Gasteiger partial charge in [0.25, 0.3) is 5.56 Å². The van der Waals surface area contributed by atoms with Crippen molar-refractivity contribution in [2.45, 2.75) is 19.5 Å². The predicted octanol–water partition coefficient (Wildman–Crippen LogP) is 5.73. The number of carbonyl (C=O) groups excluding carboxylic acids is 1. The number of hydrogen-bond donors (Lipinski definition) is 0. The van der Waals surface area contributed by atoms with Crippen LogP contribution in [0.5, 0.6) is 5.75 Å². The van der Waals surface area contributed by atoms with E-state index in [-0.39, 0.29) is 11.1 Å². The molecule has 212 valence electrons. The molecular formula is C32H25Cl2N3O4S. The first-order valence-corrected chi connectivity index (χ1v) is 14.6. The number of rotatable bonds is 6. The fourth-order valence-electron chi connectivity index (χ4n) is 5.35. The highest BCUT2D eigenvalue weighted by Crippen LogP contribution is 2.37. The molecule has 1 aliphatic heterocycles. The molecule has 0 bridgehead atoms. The molecule has 2 aromatic heterocycles. The van der Waals surface area contributed by atoms with Crippen LogP contribution < -0.4 is 19.6 Å². The number of allylic oxidation sites excluding steroid dienone is 1. The van der Waals surface area contributed by atoms with Gasteiger partial charge in [0.2, 0.25) is 0 Å². The highest BCUT2D eigenvalue weighted by molar-refractivity contribution is 7.07. The van der Waals surface area contributed by atoms with E-state index in [1.807, 2.05) is 54.7 Å². The maximum absolute atomic E-state index is 14.1. The number of nitrogens with zero attached hydrogens (tertiary/aromatic N) is 3. The highest BCUT2D eigenvalue weighted by atomic mass is 35.5. The number of aromatic nitrogens is 2. The molecule has 1 aliphatic rings. The third-order valence-corrected chi connectivity index (χ3v) is 8.76. The maximum Gasteiger partial charge on any atom is 0.338 e. The predicted molar refractivity (Wildman–Crippen MR) is 166 cm³/mol. The van der Waals surface area contributed by atoms with E-state index in [1.165, 1.54) is 30.1 Å². The maximum atomic E-state index is 14.1. The average Bonchev–Trinajstić information content (AvgIpc) is 3.49. The minimum absolute atomic E-state index is 0.247. The summed E-state index contributed by atoms with van der Waals surface area (Å²) in [5.41, 5.74) is 4.02. The van der Waals surface area contributed by atoms with Crippen LogP contribution in [0.2, 0.25) is 10.0 Å². The van der Waals surface area contributed by atoms with E-state index in [2.05, 4.69) is 15.6 Å². The molecule has 0 radical (unpaired) electrons. The van der Waals surface area contributed by atoms with E-state index in [0.717, 1.165) is 22.0 Å². The summed E-state index contributed by atoms with van der Waals surface area (Å²) in [5, 5.41) is 2.14. The second-order valence-corrected chi connectivity index (χ2v) is 11.7. The van der Waals surface area contributed by atoms with Crippen molar-refractivity contribution in [2.75, 3.05) is 14.2 Å². The number of para-hydroxylation sites is 1. The zero-order chi connectivity index (χ0) is 29.5. The van der Waals surface area contributed by atoms with Crippen molar-refractivity contribution >= 4 is 57.5 Å². The van der Waals surface area contributed by atoms with E-state index in [4.69, 9.17) is 32.7 Å². The number of carbonyl (C=O) groups is 1. The number of fused-ring (bicyclic) bond motifs is 2. The molecule has 0 spiro atoms. The Balaban J connectivity index is 1.54. The third-order valence-electron chi connectivity index (χ3n) is 7.29. The zero-order valence-electron chi connectivity index (χ0n) is 22.9. The van der Waals surface area contributed by atoms with Crippen LogP contribution >= 0.6 is 34.5 Å². The van der Waals surface area contributed by atoms with Crippen molar-refractivity contribution in [3.8, 4) is 5.75 Å². The van der Waals surface area contributed by atoms with Gasteiger partial charge in [-0.3, -0.25) is 9.36 Å². The molecule has 0 fully saturated rings. The van der Waals surface area contributed by atoms with Gasteiger partial charge in [0.15, 0.2) is 4.80 Å². The summed E-state index contributed by atoms with van der Waals surface area (Å²) in [7, 11) is 2.84. The second-order valence-electron chi connectivity index (χ2n) is 9.82. The molecule has 0 amide bonds. The summed E-state index contributed by atoms with van der Waals surface area (Å²) in [4.78, 5) is 32.3. The van der Waals surface area contributed by atoms with Crippen molar-refractivity contribution in [2.24, 2.45) is 4.99 Å². The molecule has 5 aromatic rings. The number of benzene rings is 3. The van der Waals surface area contributed by atoms with Crippen molar-refractivity contribution < 1.29 is 14.3 Å². The Morgan fingerprint density at radius 2 is 1.79 bits per heavy atom. The Labute approximate surface area is 255 Å². The Kier molecular flexibility index (Phi) is 7.53. The van der Waals surface area contributed by atoms with Gasteiger partial charge in [0.05, 0.1) is 30.0 Å². The highest BCUT2D eigenvalue weighted by Gasteiger charge is 2.35. The minimum Gasteiger partial charge on any atom is -0.496 e. The first-order chi connectivity index (χ1) is 20.3. The smallest absolute Gasteiger partial charge is 0.338 e. The van der Waals surface area contributed by atoms with E-state index in [9.17, 15) is 9.59 Å². The second kappa shape index (κ2) is 11.3. The minimum atomic E-state index is -0.837. The summed E-state index contributed by atoms with van der Waals surface area (Å²) < 4.78 is 14.9. The summed E-state index contributed by atoms with van der Waals surface area (Å²) in [6.07, 6.45) is 3.92. The number of ether oxygens (including phenoxy) is 2. The van der Waals surface area contributed by atoms with Crippen LogP contribution in [0.25, 0.3) is 17.0 Å². The molecular weight excluding hydrogens is 593 g/mol. The molecule has 0 aliphatic carbocycles. The first-order valence-electron chi connectivity index (χ1n) is 13.1. The van der Waals surface area contributed by atoms with Gasteiger partial charge in [-0.25, -0.2) is 9.79 Å². The van der Waals surface area contributed by atoms with Crippen LogP contribution in [0.4, 0.5) is 0 Å². The molecule has 10 heteroatoms. The summed E-state index contributed by atoms with van der Waals surface area (Å²) in [5.74, 6) is -0.0943. The number of halogens is 2. The van der Waals surface area contributed by atoms with E-state index < -0.39 is 12.0 Å². The molecule has 0 unspecified atom stereocenters. The van der Waals surface area contributed by atoms with Crippen molar-refractivity contribution in [1.29, 1.82) is 0 Å². The molecule has 3 aromatic carbocycles. The summed E-state index contributed by atoms with van der Waals surface area (Å²) in [6, 6.07) is 20.1. The summed E-state index contributed by atoms with van der Waals surface area (Å²) >= 11 is 13.7. The zero-order valence-corrected chi connectivity index (χ0v) is 25.3. The van der Waals surface area contributed by atoms with E-state index in [1.54, 1.807) is 25.1 Å². The molecule has 6 rings (SSSR count). The molecule has 1 atom stereocenters. The van der Waals surface area contributed by atoms with Gasteiger partial charge < -0.3 is 14.0 Å². The third kappa shape index (κ3) is 4.96. The lowest BCUT2D eigenvalue weighted by Gasteiger charge is -2.25. The average molecular weight is 619 g/mol. The van der Waals surface area contributed by atoms with Crippen LogP contribution in [-0.4, -0.2) is 29.3 Å². The van der Waals surface area contributed by atoms with Crippen molar-refractivity contribution in [3.05, 3.63) is 131 Å². The van der Waals surface area contributed by atoms with Gasteiger partial charge in [0, 0.05) is 44.8 Å².